The lowest BCUT2D eigenvalue weighted by molar-refractivity contribution is -0.141. The number of ketones is 1. The van der Waals surface area contributed by atoms with Crippen LogP contribution in [0.15, 0.2) is 30.4 Å². The van der Waals surface area contributed by atoms with E-state index in [0.717, 1.165) is 51.7 Å². The summed E-state index contributed by atoms with van der Waals surface area (Å²) in [6.45, 7) is 9.92. The summed E-state index contributed by atoms with van der Waals surface area (Å²) in [6.07, 6.45) is 10.1. The van der Waals surface area contributed by atoms with E-state index in [0.29, 0.717) is 84.2 Å². The summed E-state index contributed by atoms with van der Waals surface area (Å²) in [6, 6.07) is 3.71. The topological polar surface area (TPSA) is 161 Å². The van der Waals surface area contributed by atoms with Crippen LogP contribution in [0, 0.1) is 17.8 Å². The average Bonchev–Trinajstić information content (AvgIpc) is 4.00. The van der Waals surface area contributed by atoms with Gasteiger partial charge in [0.15, 0.2) is 5.78 Å². The van der Waals surface area contributed by atoms with Gasteiger partial charge in [0.05, 0.1) is 25.3 Å². The number of alkyl carbamates (subject to hydrolysis) is 1. The molecule has 0 bridgehead atoms. The van der Waals surface area contributed by atoms with Crippen LogP contribution in [-0.2, 0) is 23.9 Å². The molecule has 8 atom stereocenters. The second kappa shape index (κ2) is 17.8. The molecule has 2 aromatic rings. The van der Waals surface area contributed by atoms with Crippen molar-refractivity contribution >= 4 is 52.0 Å². The van der Waals surface area contributed by atoms with Crippen LogP contribution in [0.25, 0.3) is 10.9 Å². The number of hydrogen-bond acceptors (Lipinski definition) is 11. The molecule has 4 heterocycles. The van der Waals surface area contributed by atoms with Crippen molar-refractivity contribution in [2.75, 3.05) is 51.3 Å². The van der Waals surface area contributed by atoms with Gasteiger partial charge < -0.3 is 39.8 Å². The maximum absolute atomic E-state index is 14.7. The summed E-state index contributed by atoms with van der Waals surface area (Å²) in [5, 5.41) is 10.4. The first kappa shape index (κ1) is 41.6. The van der Waals surface area contributed by atoms with Crippen molar-refractivity contribution in [3.05, 3.63) is 35.4 Å². The van der Waals surface area contributed by atoms with Gasteiger partial charge in [-0.1, -0.05) is 36.6 Å². The van der Waals surface area contributed by atoms with Crippen LogP contribution in [0.2, 0.25) is 5.02 Å². The molecule has 0 spiro atoms. The Bertz CT molecular complexity index is 1930. The number of hydrogen-bond donors (Lipinski definition) is 3. The third kappa shape index (κ3) is 9.60. The molecule has 320 valence electrons. The molecule has 15 heteroatoms. The Morgan fingerprint density at radius 2 is 1.85 bits per heavy atom. The minimum Gasteiger partial charge on any atom is -0.491 e. The number of amides is 3. The molecule has 3 amide bonds. The predicted molar refractivity (Wildman–Crippen MR) is 223 cm³/mol. The summed E-state index contributed by atoms with van der Waals surface area (Å²) in [5.41, 5.74) is -0.515. The molecule has 0 radical (unpaired) electrons. The van der Waals surface area contributed by atoms with Crippen molar-refractivity contribution in [3.8, 4) is 11.5 Å². The fourth-order valence-corrected chi connectivity index (χ4v) is 9.76. The first-order chi connectivity index (χ1) is 28.5. The fraction of sp³-hybridized carbons (Fsp3) is 0.659. The number of morpholine rings is 1. The van der Waals surface area contributed by atoms with Crippen molar-refractivity contribution < 1.29 is 38.1 Å². The Balaban J connectivity index is 1.05. The zero-order chi connectivity index (χ0) is 41.3. The molecule has 1 aromatic heterocycles. The summed E-state index contributed by atoms with van der Waals surface area (Å²) in [7, 11) is 0. The summed E-state index contributed by atoms with van der Waals surface area (Å²) in [5.74, 6) is 1.81. The van der Waals surface area contributed by atoms with Crippen LogP contribution >= 0.6 is 11.6 Å². The van der Waals surface area contributed by atoms with Crippen LogP contribution < -0.4 is 25.4 Å². The quantitative estimate of drug-likeness (QED) is 0.240. The number of nitrogens with zero attached hydrogens (tertiary/aromatic N) is 3. The third-order valence-corrected chi connectivity index (χ3v) is 13.3. The molecule has 1 aromatic carbocycles. The molecule has 14 nitrogen and oxygen atoms in total. The van der Waals surface area contributed by atoms with Crippen molar-refractivity contribution in [1.29, 1.82) is 0 Å². The van der Waals surface area contributed by atoms with Gasteiger partial charge in [-0.25, -0.2) is 9.78 Å². The first-order valence-corrected chi connectivity index (χ1v) is 22.1. The summed E-state index contributed by atoms with van der Waals surface area (Å²) in [4.78, 5) is 64.1. The van der Waals surface area contributed by atoms with Gasteiger partial charge in [0.2, 0.25) is 11.8 Å². The van der Waals surface area contributed by atoms with Crippen molar-refractivity contribution in [1.82, 2.24) is 25.4 Å². The molecule has 3 N–H and O–H groups in total. The van der Waals surface area contributed by atoms with Gasteiger partial charge in [0.25, 0.3) is 0 Å². The Morgan fingerprint density at radius 3 is 2.61 bits per heavy atom. The molecular formula is C44H59ClN6O8. The minimum absolute atomic E-state index is 0.0534. The van der Waals surface area contributed by atoms with E-state index in [1.165, 1.54) is 18.2 Å². The maximum atomic E-state index is 14.7. The summed E-state index contributed by atoms with van der Waals surface area (Å²) < 4.78 is 24.2. The van der Waals surface area contributed by atoms with E-state index in [1.54, 1.807) is 0 Å². The lowest BCUT2D eigenvalue weighted by atomic mass is 10.0. The lowest BCUT2D eigenvalue weighted by Gasteiger charge is -2.29. The number of benzene rings is 1. The average molecular weight is 835 g/mol. The van der Waals surface area contributed by atoms with E-state index in [-0.39, 0.29) is 42.7 Å². The van der Waals surface area contributed by atoms with E-state index >= 15 is 0 Å². The Labute approximate surface area is 351 Å². The number of carbonyl (C=O) groups excluding carboxylic acids is 4. The molecule has 8 rings (SSSR count). The van der Waals surface area contributed by atoms with Gasteiger partial charge >= 0.3 is 6.09 Å². The Hall–Kier alpha value is -4.14. The van der Waals surface area contributed by atoms with Crippen LogP contribution in [0.1, 0.15) is 85.0 Å². The SMILES string of the molecule is CC(=O)[C@@]12C[C@@H]1/C=C\CCCCC[C@H](NC(=O)OC1C[C@@H]3C[C@@H]3C1)C(=O)N1C[C@H](Oc3cc(NC(C)C)nc4c(Cl)c(OCCN5CCOCC5)ccc34)C[C@H]1C(=O)N2. The zero-order valence-electron chi connectivity index (χ0n) is 34.5. The number of allylic oxidation sites excluding steroid dienone is 1. The molecule has 1 unspecified atom stereocenters. The highest BCUT2D eigenvalue weighted by Crippen LogP contribution is 2.52. The van der Waals surface area contributed by atoms with E-state index in [2.05, 4.69) is 26.9 Å². The molecule has 59 heavy (non-hydrogen) atoms. The molecule has 2 saturated heterocycles. The molecule has 6 aliphatic rings. The summed E-state index contributed by atoms with van der Waals surface area (Å²) >= 11 is 7.01. The molecule has 3 aliphatic heterocycles. The number of ether oxygens (including phenoxy) is 4. The maximum Gasteiger partial charge on any atom is 0.408 e. The van der Waals surface area contributed by atoms with Crippen molar-refractivity contribution in [3.63, 3.8) is 0 Å². The minimum atomic E-state index is -1.01. The zero-order valence-corrected chi connectivity index (χ0v) is 35.3. The number of anilines is 1. The molecule has 5 fully saturated rings. The highest BCUT2D eigenvalue weighted by molar-refractivity contribution is 6.36. The lowest BCUT2D eigenvalue weighted by Crippen LogP contribution is -2.56. The van der Waals surface area contributed by atoms with Gasteiger partial charge in [0.1, 0.15) is 58.8 Å². The van der Waals surface area contributed by atoms with E-state index in [9.17, 15) is 19.2 Å². The Kier molecular flexibility index (Phi) is 12.6. The monoisotopic (exact) mass is 834 g/mol. The number of Topliss-reactive ketones (excluding diaryl/α,β-unsaturated/α-hetero) is 1. The van der Waals surface area contributed by atoms with E-state index in [4.69, 9.17) is 35.5 Å². The number of carbonyl (C=O) groups is 4. The third-order valence-electron chi connectivity index (χ3n) is 13.0. The number of fused-ring (bicyclic) bond motifs is 4. The van der Waals surface area contributed by atoms with E-state index in [1.807, 2.05) is 38.1 Å². The second-order valence-corrected chi connectivity index (χ2v) is 18.1. The Morgan fingerprint density at radius 1 is 1.05 bits per heavy atom. The fourth-order valence-electron chi connectivity index (χ4n) is 9.50. The molecule has 3 aliphatic carbocycles. The smallest absolute Gasteiger partial charge is 0.408 e. The van der Waals surface area contributed by atoms with Crippen LogP contribution in [0.5, 0.6) is 11.5 Å². The number of rotatable bonds is 11. The predicted octanol–water partition coefficient (Wildman–Crippen LogP) is 5.65. The van der Waals surface area contributed by atoms with Gasteiger partial charge in [0, 0.05) is 49.5 Å². The van der Waals surface area contributed by atoms with Gasteiger partial charge in [-0.15, -0.1) is 0 Å². The van der Waals surface area contributed by atoms with Crippen LogP contribution in [-0.4, -0.2) is 120 Å². The largest absolute Gasteiger partial charge is 0.491 e. The molecular weight excluding hydrogens is 776 g/mol. The van der Waals surface area contributed by atoms with Crippen molar-refractivity contribution in [2.24, 2.45) is 17.8 Å². The number of pyridine rings is 1. The van der Waals surface area contributed by atoms with Crippen LogP contribution in [0.4, 0.5) is 10.6 Å². The van der Waals surface area contributed by atoms with E-state index < -0.39 is 35.7 Å². The first-order valence-electron chi connectivity index (χ1n) is 21.7. The molecule has 3 saturated carbocycles. The second-order valence-electron chi connectivity index (χ2n) is 17.7. The number of aromatic nitrogens is 1. The number of halogens is 1. The highest BCUT2D eigenvalue weighted by Gasteiger charge is 2.59. The van der Waals surface area contributed by atoms with Crippen molar-refractivity contribution in [2.45, 2.75) is 121 Å². The highest BCUT2D eigenvalue weighted by atomic mass is 35.5. The van der Waals surface area contributed by atoms with Crippen LogP contribution in [0.3, 0.4) is 0 Å². The van der Waals surface area contributed by atoms with Gasteiger partial charge in [-0.2, -0.15) is 0 Å². The van der Waals surface area contributed by atoms with Gasteiger partial charge in [-0.05, 0) is 89.7 Å². The van der Waals surface area contributed by atoms with Gasteiger partial charge in [-0.3, -0.25) is 19.3 Å². The standard InChI is InChI=1S/C44H59ClN6O8/c1-26(2)46-38-23-37(33-11-12-36(39(45)40(33)48-38)57-18-15-50-13-16-56-17-14-50)58-32-22-35-41(53)49-44(27(3)52)24-30(44)9-7-5-4-6-8-10-34(42(54)51(35)25-32)47-43(55)59-31-20-28-19-29(28)21-31/h7,9,11-12,23,26,28-32,34-35H,4-6,8,10,13-22,24-25H2,1-3H3,(H,46,48)(H,47,55)(H,49,53)/b9-7-/t28-,29+,30-,31?,32+,34-,35-,44-/m0/s1. The normalized spacial score (nSPS) is 31.5. The number of nitrogens with one attached hydrogen (secondary N) is 3.